The second-order valence-corrected chi connectivity index (χ2v) is 9.11. The van der Waals surface area contributed by atoms with Gasteiger partial charge in [0.05, 0.1) is 42.0 Å². The highest BCUT2D eigenvalue weighted by atomic mass is 16.5. The van der Waals surface area contributed by atoms with Crippen LogP contribution in [-0.4, -0.2) is 44.6 Å². The second-order valence-electron chi connectivity index (χ2n) is 9.11. The Hall–Kier alpha value is -3.98. The number of amidine groups is 1. The molecule has 0 spiro atoms. The molecule has 0 saturated heterocycles. The van der Waals surface area contributed by atoms with E-state index in [0.717, 1.165) is 64.0 Å². The van der Waals surface area contributed by atoms with Gasteiger partial charge >= 0.3 is 0 Å². The Bertz CT molecular complexity index is 1410. The number of aryl methyl sites for hydroxylation is 2. The van der Waals surface area contributed by atoms with Crippen molar-refractivity contribution in [3.05, 3.63) is 65.9 Å². The van der Waals surface area contributed by atoms with E-state index in [2.05, 4.69) is 31.4 Å². The first-order valence-corrected chi connectivity index (χ1v) is 11.7. The van der Waals surface area contributed by atoms with Crippen LogP contribution in [0.5, 0.6) is 5.88 Å². The van der Waals surface area contributed by atoms with Crippen LogP contribution in [0.2, 0.25) is 0 Å². The topological polar surface area (TPSA) is 129 Å². The van der Waals surface area contributed by atoms with Gasteiger partial charge in [-0.15, -0.1) is 0 Å². The summed E-state index contributed by atoms with van der Waals surface area (Å²) in [6.07, 6.45) is 11.9. The van der Waals surface area contributed by atoms with Gasteiger partial charge in [0.25, 0.3) is 0 Å². The predicted octanol–water partition coefficient (Wildman–Crippen LogP) is 3.75. The number of rotatable bonds is 6. The van der Waals surface area contributed by atoms with Crippen LogP contribution in [0.1, 0.15) is 36.0 Å². The Balaban J connectivity index is 1.63. The number of hydrogen-bond donors (Lipinski definition) is 3. The standard InChI is InChI=1S/C26H30N8O/c1-15-6-7-29-13-22(15)33-26(28)21-12-31-34-14-17(20-11-30-24(35-3)8-16(20)2)9-23(34)25(21)32-19-5-4-18(27)10-19/h6-9,11-14,18-19,32H,4-5,10,27H2,1-3H3,(H2,28,33)/t18-,19+/m0/s1. The van der Waals surface area contributed by atoms with Gasteiger partial charge in [0.2, 0.25) is 5.88 Å². The first kappa shape index (κ1) is 22.8. The molecule has 0 unspecified atom stereocenters. The fourth-order valence-electron chi connectivity index (χ4n) is 4.61. The summed E-state index contributed by atoms with van der Waals surface area (Å²) in [6, 6.07) is 6.40. The number of hydrogen-bond acceptors (Lipinski definition) is 7. The molecule has 1 fully saturated rings. The average molecular weight is 471 g/mol. The van der Waals surface area contributed by atoms with Crippen LogP contribution in [0.3, 0.4) is 0 Å². The Kier molecular flexibility index (Phi) is 6.08. The first-order chi connectivity index (χ1) is 16.9. The lowest BCUT2D eigenvalue weighted by molar-refractivity contribution is 0.397. The highest BCUT2D eigenvalue weighted by Crippen LogP contribution is 2.33. The Morgan fingerprint density at radius 1 is 1.17 bits per heavy atom. The highest BCUT2D eigenvalue weighted by Gasteiger charge is 2.24. The molecule has 5 N–H and O–H groups in total. The van der Waals surface area contributed by atoms with E-state index < -0.39 is 0 Å². The summed E-state index contributed by atoms with van der Waals surface area (Å²) in [5.41, 5.74) is 20.1. The van der Waals surface area contributed by atoms with Crippen molar-refractivity contribution in [1.82, 2.24) is 19.6 Å². The molecule has 0 aliphatic heterocycles. The lowest BCUT2D eigenvalue weighted by atomic mass is 10.1. The molecule has 9 nitrogen and oxygen atoms in total. The van der Waals surface area contributed by atoms with E-state index in [9.17, 15) is 0 Å². The van der Waals surface area contributed by atoms with Gasteiger partial charge in [0, 0.05) is 47.9 Å². The van der Waals surface area contributed by atoms with Crippen molar-refractivity contribution in [1.29, 1.82) is 0 Å². The molecule has 0 bridgehead atoms. The number of methoxy groups -OCH3 is 1. The molecule has 4 aromatic rings. The van der Waals surface area contributed by atoms with E-state index in [0.29, 0.717) is 11.7 Å². The smallest absolute Gasteiger partial charge is 0.213 e. The maximum atomic E-state index is 6.55. The molecule has 0 radical (unpaired) electrons. The number of aromatic nitrogens is 4. The molecule has 9 heteroatoms. The van der Waals surface area contributed by atoms with E-state index in [1.54, 1.807) is 25.7 Å². The SMILES string of the molecule is COc1cc(C)c(-c2cc3c(N[C@@H]4CC[C@H](N)C4)c(C(N)=Nc4cnccc4C)cnn3c2)cn1. The molecule has 1 aliphatic carbocycles. The van der Waals surface area contributed by atoms with Gasteiger partial charge in [-0.2, -0.15) is 5.10 Å². The first-order valence-electron chi connectivity index (χ1n) is 11.7. The van der Waals surface area contributed by atoms with E-state index in [4.69, 9.17) is 16.2 Å². The lowest BCUT2D eigenvalue weighted by Gasteiger charge is -2.18. The minimum absolute atomic E-state index is 0.202. The zero-order valence-electron chi connectivity index (χ0n) is 20.2. The van der Waals surface area contributed by atoms with E-state index >= 15 is 0 Å². The average Bonchev–Trinajstić information content (AvgIpc) is 3.46. The third kappa shape index (κ3) is 4.54. The molecule has 4 aromatic heterocycles. The number of ether oxygens (including phenoxy) is 1. The van der Waals surface area contributed by atoms with Crippen molar-refractivity contribution in [3.8, 4) is 17.0 Å². The third-order valence-corrected chi connectivity index (χ3v) is 6.59. The molecular weight excluding hydrogens is 440 g/mol. The van der Waals surface area contributed by atoms with E-state index in [-0.39, 0.29) is 12.1 Å². The molecule has 180 valence electrons. The zero-order valence-corrected chi connectivity index (χ0v) is 20.2. The summed E-state index contributed by atoms with van der Waals surface area (Å²) in [7, 11) is 1.62. The number of nitrogens with two attached hydrogens (primary N) is 2. The normalized spacial score (nSPS) is 18.2. The van der Waals surface area contributed by atoms with Crippen molar-refractivity contribution in [2.75, 3.05) is 12.4 Å². The number of anilines is 1. The quantitative estimate of drug-likeness (QED) is 0.289. The van der Waals surface area contributed by atoms with Crippen LogP contribution in [-0.2, 0) is 0 Å². The molecule has 2 atom stereocenters. The molecule has 0 aromatic carbocycles. The van der Waals surface area contributed by atoms with E-state index in [1.165, 1.54) is 0 Å². The van der Waals surface area contributed by atoms with Crippen molar-refractivity contribution in [2.45, 2.75) is 45.2 Å². The predicted molar refractivity (Wildman–Crippen MR) is 138 cm³/mol. The molecule has 4 heterocycles. The van der Waals surface area contributed by atoms with Crippen LogP contribution in [0.15, 0.2) is 54.2 Å². The van der Waals surface area contributed by atoms with Crippen molar-refractivity contribution < 1.29 is 4.74 Å². The van der Waals surface area contributed by atoms with Gasteiger partial charge in [-0.05, 0) is 56.4 Å². The summed E-state index contributed by atoms with van der Waals surface area (Å²) in [5.74, 6) is 0.968. The van der Waals surface area contributed by atoms with Crippen molar-refractivity contribution >= 4 is 22.7 Å². The van der Waals surface area contributed by atoms with Gasteiger partial charge in [-0.3, -0.25) is 4.98 Å². The van der Waals surface area contributed by atoms with Crippen LogP contribution < -0.4 is 21.5 Å². The maximum Gasteiger partial charge on any atom is 0.213 e. The summed E-state index contributed by atoms with van der Waals surface area (Å²) in [6.45, 7) is 4.03. The van der Waals surface area contributed by atoms with Crippen LogP contribution in [0, 0.1) is 13.8 Å². The Morgan fingerprint density at radius 3 is 2.74 bits per heavy atom. The largest absolute Gasteiger partial charge is 0.481 e. The Labute approximate surface area is 204 Å². The summed E-state index contributed by atoms with van der Waals surface area (Å²) in [5, 5.41) is 8.37. The van der Waals surface area contributed by atoms with Gasteiger partial charge in [0.15, 0.2) is 0 Å². The fourth-order valence-corrected chi connectivity index (χ4v) is 4.61. The monoisotopic (exact) mass is 470 g/mol. The minimum atomic E-state index is 0.202. The molecular formula is C26H30N8O. The maximum absolute atomic E-state index is 6.55. The fraction of sp³-hybridized carbons (Fsp3) is 0.308. The van der Waals surface area contributed by atoms with Crippen LogP contribution >= 0.6 is 0 Å². The van der Waals surface area contributed by atoms with Gasteiger partial charge in [-0.1, -0.05) is 0 Å². The van der Waals surface area contributed by atoms with Crippen molar-refractivity contribution in [3.63, 3.8) is 0 Å². The third-order valence-electron chi connectivity index (χ3n) is 6.59. The summed E-state index contributed by atoms with van der Waals surface area (Å²) >= 11 is 0. The number of nitrogens with one attached hydrogen (secondary N) is 1. The number of aliphatic imine (C=N–C) groups is 1. The van der Waals surface area contributed by atoms with Crippen molar-refractivity contribution in [2.24, 2.45) is 16.5 Å². The highest BCUT2D eigenvalue weighted by molar-refractivity contribution is 6.06. The molecule has 35 heavy (non-hydrogen) atoms. The zero-order chi connectivity index (χ0) is 24.5. The van der Waals surface area contributed by atoms with Crippen LogP contribution in [0.25, 0.3) is 16.6 Å². The van der Waals surface area contributed by atoms with E-state index in [1.807, 2.05) is 42.9 Å². The number of nitrogens with zero attached hydrogens (tertiary/aromatic N) is 5. The Morgan fingerprint density at radius 2 is 2.03 bits per heavy atom. The number of pyridine rings is 2. The second kappa shape index (κ2) is 9.34. The molecule has 0 amide bonds. The van der Waals surface area contributed by atoms with Gasteiger partial charge in [0.1, 0.15) is 5.84 Å². The lowest BCUT2D eigenvalue weighted by Crippen LogP contribution is -2.24. The number of fused-ring (bicyclic) bond motifs is 1. The minimum Gasteiger partial charge on any atom is -0.481 e. The van der Waals surface area contributed by atoms with Crippen LogP contribution in [0.4, 0.5) is 11.4 Å². The molecule has 1 saturated carbocycles. The summed E-state index contributed by atoms with van der Waals surface area (Å²) in [4.78, 5) is 13.3. The van der Waals surface area contributed by atoms with Gasteiger partial charge in [-0.25, -0.2) is 14.5 Å². The van der Waals surface area contributed by atoms with Gasteiger partial charge < -0.3 is 21.5 Å². The molecule has 1 aliphatic rings. The summed E-state index contributed by atoms with van der Waals surface area (Å²) < 4.78 is 7.13. The molecule has 5 rings (SSSR count).